The summed E-state index contributed by atoms with van der Waals surface area (Å²) in [6.45, 7) is 0.952. The fraction of sp³-hybridized carbons (Fsp3) is 0.300. The standard InChI is InChI=1S/C10H9ClF2O4S/c1-2-17-9(14)10(12,13)18(15,16)8-5-3-7(11)4-6-8/h3-6H,2H2,1H3. The van der Waals surface area contributed by atoms with E-state index in [4.69, 9.17) is 11.6 Å². The molecule has 0 spiro atoms. The number of hydrogen-bond donors (Lipinski definition) is 0. The molecule has 0 aliphatic heterocycles. The average molecular weight is 299 g/mol. The first-order valence-corrected chi connectivity index (χ1v) is 6.65. The van der Waals surface area contributed by atoms with Crippen molar-refractivity contribution in [3.63, 3.8) is 0 Å². The highest BCUT2D eigenvalue weighted by molar-refractivity contribution is 7.93. The van der Waals surface area contributed by atoms with Crippen molar-refractivity contribution in [3.8, 4) is 0 Å². The number of hydrogen-bond acceptors (Lipinski definition) is 4. The van der Waals surface area contributed by atoms with Crippen molar-refractivity contribution in [1.29, 1.82) is 0 Å². The third-order valence-corrected chi connectivity index (χ3v) is 3.96. The van der Waals surface area contributed by atoms with Crippen molar-refractivity contribution in [2.75, 3.05) is 6.61 Å². The summed E-state index contributed by atoms with van der Waals surface area (Å²) >= 11 is 5.51. The van der Waals surface area contributed by atoms with Crippen LogP contribution in [0.2, 0.25) is 5.02 Å². The molecule has 0 atom stereocenters. The summed E-state index contributed by atoms with van der Waals surface area (Å²) in [7, 11) is -5.14. The number of rotatable bonds is 4. The van der Waals surface area contributed by atoms with Crippen molar-refractivity contribution < 1.29 is 26.7 Å². The summed E-state index contributed by atoms with van der Waals surface area (Å²) in [5.74, 6) is -2.10. The molecule has 0 N–H and O–H groups in total. The fourth-order valence-corrected chi connectivity index (χ4v) is 2.28. The lowest BCUT2D eigenvalue weighted by Crippen LogP contribution is -2.39. The van der Waals surface area contributed by atoms with Crippen molar-refractivity contribution in [2.24, 2.45) is 0 Å². The smallest absolute Gasteiger partial charge is 0.444 e. The van der Waals surface area contributed by atoms with Crippen LogP contribution in [-0.4, -0.2) is 26.2 Å². The van der Waals surface area contributed by atoms with Crippen LogP contribution in [0.5, 0.6) is 0 Å². The first-order chi connectivity index (χ1) is 8.23. The van der Waals surface area contributed by atoms with Crippen LogP contribution >= 0.6 is 11.6 Å². The lowest BCUT2D eigenvalue weighted by atomic mass is 10.4. The van der Waals surface area contributed by atoms with Crippen LogP contribution in [0.3, 0.4) is 0 Å². The molecule has 8 heteroatoms. The lowest BCUT2D eigenvalue weighted by Gasteiger charge is -2.15. The second kappa shape index (κ2) is 5.19. The van der Waals surface area contributed by atoms with Crippen molar-refractivity contribution in [3.05, 3.63) is 29.3 Å². The third kappa shape index (κ3) is 2.62. The van der Waals surface area contributed by atoms with E-state index in [-0.39, 0.29) is 11.6 Å². The van der Waals surface area contributed by atoms with Crippen LogP contribution in [0.1, 0.15) is 6.92 Å². The van der Waals surface area contributed by atoms with Gasteiger partial charge in [-0.15, -0.1) is 0 Å². The van der Waals surface area contributed by atoms with Crippen LogP contribution in [-0.2, 0) is 19.4 Å². The molecule has 0 saturated carbocycles. The summed E-state index contributed by atoms with van der Waals surface area (Å²) in [5.41, 5.74) is 0. The molecule has 0 aliphatic carbocycles. The minimum Gasteiger partial charge on any atom is -0.461 e. The predicted molar refractivity (Wildman–Crippen MR) is 60.2 cm³/mol. The summed E-state index contributed by atoms with van der Waals surface area (Å²) < 4.78 is 54.2. The number of sulfone groups is 1. The van der Waals surface area contributed by atoms with E-state index in [2.05, 4.69) is 4.74 Å². The van der Waals surface area contributed by atoms with Gasteiger partial charge in [-0.25, -0.2) is 13.2 Å². The lowest BCUT2D eigenvalue weighted by molar-refractivity contribution is -0.160. The molecule has 1 aromatic carbocycles. The summed E-state index contributed by atoms with van der Waals surface area (Å²) in [4.78, 5) is 10.3. The monoisotopic (exact) mass is 298 g/mol. The Hall–Kier alpha value is -1.21. The molecule has 0 saturated heterocycles. The van der Waals surface area contributed by atoms with E-state index in [1.54, 1.807) is 0 Å². The topological polar surface area (TPSA) is 60.4 Å². The predicted octanol–water partition coefficient (Wildman–Crippen LogP) is 2.27. The molecule has 100 valence electrons. The number of carbonyl (C=O) groups is 1. The van der Waals surface area contributed by atoms with Crippen LogP contribution in [0, 0.1) is 0 Å². The summed E-state index contributed by atoms with van der Waals surface area (Å²) in [6.07, 6.45) is 0. The molecule has 0 radical (unpaired) electrons. The summed E-state index contributed by atoms with van der Waals surface area (Å²) in [6, 6.07) is 4.06. The Balaban J connectivity index is 3.21. The Labute approximate surface area is 107 Å². The molecule has 0 bridgehead atoms. The maximum absolute atomic E-state index is 13.5. The second-order valence-electron chi connectivity index (χ2n) is 3.19. The van der Waals surface area contributed by atoms with Crippen LogP contribution in [0.4, 0.5) is 8.78 Å². The van der Waals surface area contributed by atoms with Crippen molar-refractivity contribution in [2.45, 2.75) is 17.1 Å². The largest absolute Gasteiger partial charge is 0.461 e. The van der Waals surface area contributed by atoms with Gasteiger partial charge in [-0.1, -0.05) is 11.6 Å². The Kier molecular flexibility index (Phi) is 4.28. The van der Waals surface area contributed by atoms with Gasteiger partial charge in [0.05, 0.1) is 11.5 Å². The number of carbonyl (C=O) groups excluding carboxylic acids is 1. The number of halogens is 3. The maximum atomic E-state index is 13.5. The Morgan fingerprint density at radius 2 is 1.83 bits per heavy atom. The first kappa shape index (κ1) is 14.8. The van der Waals surface area contributed by atoms with E-state index < -0.39 is 26.0 Å². The van der Waals surface area contributed by atoms with Crippen LogP contribution < -0.4 is 0 Å². The molecule has 0 amide bonds. The van der Waals surface area contributed by atoms with Gasteiger partial charge in [0.25, 0.3) is 9.84 Å². The molecule has 1 aromatic rings. The van der Waals surface area contributed by atoms with Crippen LogP contribution in [0.25, 0.3) is 0 Å². The van der Waals surface area contributed by atoms with Gasteiger partial charge < -0.3 is 4.74 Å². The normalized spacial score (nSPS) is 12.2. The number of esters is 1. The highest BCUT2D eigenvalue weighted by Gasteiger charge is 2.55. The molecule has 0 aromatic heterocycles. The molecule has 0 heterocycles. The number of ether oxygens (including phenoxy) is 1. The second-order valence-corrected chi connectivity index (χ2v) is 5.62. The SMILES string of the molecule is CCOC(=O)C(F)(F)S(=O)(=O)c1ccc(Cl)cc1. The van der Waals surface area contributed by atoms with E-state index in [9.17, 15) is 22.0 Å². The van der Waals surface area contributed by atoms with Gasteiger partial charge in [0, 0.05) is 5.02 Å². The molecule has 1 rings (SSSR count). The quantitative estimate of drug-likeness (QED) is 0.800. The Morgan fingerprint density at radius 1 is 1.33 bits per heavy atom. The number of alkyl halides is 2. The molecule has 4 nitrogen and oxygen atoms in total. The maximum Gasteiger partial charge on any atom is 0.444 e. The van der Waals surface area contributed by atoms with E-state index in [1.807, 2.05) is 0 Å². The van der Waals surface area contributed by atoms with E-state index in [0.717, 1.165) is 24.3 Å². The number of benzene rings is 1. The Morgan fingerprint density at radius 3 is 2.28 bits per heavy atom. The summed E-state index contributed by atoms with van der Waals surface area (Å²) in [5, 5.41) is -4.44. The van der Waals surface area contributed by atoms with E-state index in [0.29, 0.717) is 0 Å². The average Bonchev–Trinajstić information content (AvgIpc) is 2.29. The van der Waals surface area contributed by atoms with Gasteiger partial charge >= 0.3 is 11.2 Å². The van der Waals surface area contributed by atoms with Gasteiger partial charge in [-0.05, 0) is 31.2 Å². The molecule has 18 heavy (non-hydrogen) atoms. The zero-order chi connectivity index (χ0) is 14.0. The molecule has 0 fully saturated rings. The highest BCUT2D eigenvalue weighted by atomic mass is 35.5. The van der Waals surface area contributed by atoms with E-state index >= 15 is 0 Å². The third-order valence-electron chi connectivity index (χ3n) is 1.97. The fourth-order valence-electron chi connectivity index (χ4n) is 1.09. The zero-order valence-electron chi connectivity index (χ0n) is 9.19. The van der Waals surface area contributed by atoms with Gasteiger partial charge in [-0.3, -0.25) is 0 Å². The van der Waals surface area contributed by atoms with Gasteiger partial charge in [0.2, 0.25) is 0 Å². The van der Waals surface area contributed by atoms with E-state index in [1.165, 1.54) is 6.92 Å². The minimum absolute atomic E-state index is 0.188. The molecular formula is C10H9ClF2O4S. The van der Waals surface area contributed by atoms with Crippen molar-refractivity contribution >= 4 is 27.4 Å². The van der Waals surface area contributed by atoms with Crippen LogP contribution in [0.15, 0.2) is 29.2 Å². The van der Waals surface area contributed by atoms with Gasteiger partial charge in [-0.2, -0.15) is 8.78 Å². The Bertz CT molecular complexity index is 540. The molecule has 0 aliphatic rings. The molecular weight excluding hydrogens is 290 g/mol. The van der Waals surface area contributed by atoms with Gasteiger partial charge in [0.15, 0.2) is 0 Å². The van der Waals surface area contributed by atoms with Gasteiger partial charge in [0.1, 0.15) is 0 Å². The van der Waals surface area contributed by atoms with Crippen molar-refractivity contribution in [1.82, 2.24) is 0 Å². The highest BCUT2D eigenvalue weighted by Crippen LogP contribution is 2.30. The molecule has 0 unspecified atom stereocenters. The zero-order valence-corrected chi connectivity index (χ0v) is 10.8. The minimum atomic E-state index is -5.14. The first-order valence-electron chi connectivity index (χ1n) is 4.78.